The Bertz CT molecular complexity index is 952. The average molecular weight is 512 g/mol. The van der Waals surface area contributed by atoms with Gasteiger partial charge in [-0.1, -0.05) is 0 Å². The first-order valence-electron chi connectivity index (χ1n) is 10.8. The quantitative estimate of drug-likeness (QED) is 0.128. The highest BCUT2D eigenvalue weighted by atomic mass is 16.6. The molecule has 3 amide bonds. The van der Waals surface area contributed by atoms with Crippen LogP contribution in [0.2, 0.25) is 0 Å². The topological polar surface area (TPSA) is 226 Å². The summed E-state index contributed by atoms with van der Waals surface area (Å²) in [6.45, 7) is 0.0479. The minimum atomic E-state index is -1.49. The van der Waals surface area contributed by atoms with E-state index in [4.69, 9.17) is 14.9 Å². The number of nitro benzene ring substituents is 1. The molecular weight excluding hydrogens is 484 g/mol. The Labute approximate surface area is 205 Å². The van der Waals surface area contributed by atoms with Crippen LogP contribution < -0.4 is 10.6 Å². The number of unbranched alkanes of at least 4 members (excludes halogenated alkanes) is 1. The number of hydrogen-bond donors (Lipinski definition) is 5. The van der Waals surface area contributed by atoms with Crippen LogP contribution in [0.15, 0.2) is 24.3 Å². The molecule has 0 aromatic heterocycles. The summed E-state index contributed by atoms with van der Waals surface area (Å²) in [7, 11) is 1.18. The summed E-state index contributed by atoms with van der Waals surface area (Å²) < 4.78 is 5.00. The Morgan fingerprint density at radius 3 is 2.19 bits per heavy atom. The van der Waals surface area contributed by atoms with Crippen molar-refractivity contribution in [3.63, 3.8) is 0 Å². The standard InChI is InChI=1S/C21H28N4O11/c1-24(20(32)23-15(18(28)29)9-10-17(26)27)16(19(30)31)4-2-3-11-22-21(33)36-12-13-5-7-14(8-6-13)25(34)35/h5-8,15-16H,2-4,9-12H2,1H3,(H,22,33)(H,23,32)(H,26,27)(H,28,29)(H,30,31). The van der Waals surface area contributed by atoms with Gasteiger partial charge in [-0.25, -0.2) is 19.2 Å². The van der Waals surface area contributed by atoms with Crippen LogP contribution >= 0.6 is 0 Å². The number of carboxylic acid groups (broad SMARTS) is 3. The molecule has 36 heavy (non-hydrogen) atoms. The van der Waals surface area contributed by atoms with Crippen LogP contribution in [0.25, 0.3) is 0 Å². The lowest BCUT2D eigenvalue weighted by Gasteiger charge is -2.26. The molecule has 0 heterocycles. The van der Waals surface area contributed by atoms with Gasteiger partial charge in [-0.3, -0.25) is 14.9 Å². The van der Waals surface area contributed by atoms with Crippen molar-refractivity contribution in [3.05, 3.63) is 39.9 Å². The summed E-state index contributed by atoms with van der Waals surface area (Å²) >= 11 is 0. The monoisotopic (exact) mass is 512 g/mol. The third-order valence-electron chi connectivity index (χ3n) is 5.01. The third kappa shape index (κ3) is 10.7. The van der Waals surface area contributed by atoms with Gasteiger partial charge in [-0.15, -0.1) is 0 Å². The molecule has 0 spiro atoms. The molecular formula is C21H28N4O11. The average Bonchev–Trinajstić information content (AvgIpc) is 2.81. The van der Waals surface area contributed by atoms with E-state index in [-0.39, 0.29) is 31.7 Å². The molecule has 0 bridgehead atoms. The van der Waals surface area contributed by atoms with E-state index in [0.717, 1.165) is 4.90 Å². The van der Waals surface area contributed by atoms with Crippen molar-refractivity contribution >= 4 is 35.7 Å². The molecule has 0 aliphatic heterocycles. The van der Waals surface area contributed by atoms with Crippen molar-refractivity contribution < 1.29 is 49.0 Å². The first kappa shape index (κ1) is 29.6. The SMILES string of the molecule is CN(C(=O)NC(CCC(=O)O)C(=O)O)C(CCCCNC(=O)OCc1ccc([N+](=O)[O-])cc1)C(=O)O. The maximum atomic E-state index is 12.3. The van der Waals surface area contributed by atoms with Crippen LogP contribution in [0.4, 0.5) is 15.3 Å². The Hall–Kier alpha value is -4.43. The molecule has 1 aromatic carbocycles. The van der Waals surface area contributed by atoms with Crippen molar-refractivity contribution in [2.24, 2.45) is 0 Å². The number of aliphatic carboxylic acids is 3. The van der Waals surface area contributed by atoms with Gasteiger partial charge in [-0.05, 0) is 43.4 Å². The van der Waals surface area contributed by atoms with Gasteiger partial charge in [0.2, 0.25) is 0 Å². The van der Waals surface area contributed by atoms with Crippen molar-refractivity contribution in [3.8, 4) is 0 Å². The number of ether oxygens (including phenoxy) is 1. The number of alkyl carbamates (subject to hydrolysis) is 1. The zero-order valence-electron chi connectivity index (χ0n) is 19.4. The predicted molar refractivity (Wildman–Crippen MR) is 121 cm³/mol. The molecule has 15 nitrogen and oxygen atoms in total. The molecule has 2 atom stereocenters. The second kappa shape index (κ2) is 14.7. The molecule has 0 fully saturated rings. The van der Waals surface area contributed by atoms with Gasteiger partial charge in [0.25, 0.3) is 5.69 Å². The van der Waals surface area contributed by atoms with E-state index >= 15 is 0 Å². The summed E-state index contributed by atoms with van der Waals surface area (Å²) in [5.41, 5.74) is 0.459. The number of amides is 3. The molecule has 15 heteroatoms. The zero-order chi connectivity index (χ0) is 27.3. The van der Waals surface area contributed by atoms with Crippen LogP contribution in [0.5, 0.6) is 0 Å². The molecule has 0 saturated carbocycles. The number of carbonyl (C=O) groups is 5. The summed E-state index contributed by atoms with van der Waals surface area (Å²) in [4.78, 5) is 68.4. The maximum absolute atomic E-state index is 12.3. The summed E-state index contributed by atoms with van der Waals surface area (Å²) in [5.74, 6) is -4.01. The Morgan fingerprint density at radius 1 is 1.03 bits per heavy atom. The number of nitro groups is 1. The number of benzene rings is 1. The van der Waals surface area contributed by atoms with E-state index in [1.807, 2.05) is 0 Å². The van der Waals surface area contributed by atoms with Gasteiger partial charge in [0.15, 0.2) is 0 Å². The maximum Gasteiger partial charge on any atom is 0.407 e. The molecule has 0 radical (unpaired) electrons. The molecule has 1 rings (SSSR count). The number of hydrogen-bond acceptors (Lipinski definition) is 8. The second-order valence-electron chi connectivity index (χ2n) is 7.66. The highest BCUT2D eigenvalue weighted by molar-refractivity contribution is 5.86. The Kier molecular flexibility index (Phi) is 12.1. The number of non-ortho nitro benzene ring substituents is 1. The number of urea groups is 1. The van der Waals surface area contributed by atoms with Crippen LogP contribution in [0.1, 0.15) is 37.7 Å². The highest BCUT2D eigenvalue weighted by Crippen LogP contribution is 2.13. The van der Waals surface area contributed by atoms with Crippen LogP contribution in [0.3, 0.4) is 0 Å². The Morgan fingerprint density at radius 2 is 1.67 bits per heavy atom. The molecule has 2 unspecified atom stereocenters. The number of nitrogens with zero attached hydrogens (tertiary/aromatic N) is 2. The smallest absolute Gasteiger partial charge is 0.407 e. The highest BCUT2D eigenvalue weighted by Gasteiger charge is 2.29. The lowest BCUT2D eigenvalue weighted by atomic mass is 10.1. The van der Waals surface area contributed by atoms with Crippen molar-refractivity contribution in [1.82, 2.24) is 15.5 Å². The van der Waals surface area contributed by atoms with Crippen LogP contribution in [-0.2, 0) is 25.7 Å². The van der Waals surface area contributed by atoms with E-state index < -0.39 is 53.5 Å². The minimum absolute atomic E-state index is 0.00560. The van der Waals surface area contributed by atoms with E-state index in [9.17, 15) is 39.2 Å². The third-order valence-corrected chi connectivity index (χ3v) is 5.01. The summed E-state index contributed by atoms with van der Waals surface area (Å²) in [6, 6.07) is 1.71. The first-order valence-corrected chi connectivity index (χ1v) is 10.8. The fourth-order valence-corrected chi connectivity index (χ4v) is 2.97. The van der Waals surface area contributed by atoms with Crippen molar-refractivity contribution in [1.29, 1.82) is 0 Å². The molecule has 0 aliphatic carbocycles. The number of carboxylic acids is 3. The first-order chi connectivity index (χ1) is 16.9. The van der Waals surface area contributed by atoms with Gasteiger partial charge < -0.3 is 35.6 Å². The van der Waals surface area contributed by atoms with E-state index in [0.29, 0.717) is 18.4 Å². The van der Waals surface area contributed by atoms with Crippen LogP contribution in [-0.4, -0.2) is 80.9 Å². The number of carbonyl (C=O) groups excluding carboxylic acids is 2. The van der Waals surface area contributed by atoms with Crippen molar-refractivity contribution in [2.45, 2.75) is 50.8 Å². The molecule has 1 aromatic rings. The number of rotatable bonds is 15. The predicted octanol–water partition coefficient (Wildman–Crippen LogP) is 1.40. The largest absolute Gasteiger partial charge is 0.481 e. The lowest BCUT2D eigenvalue weighted by Crippen LogP contribution is -2.52. The molecule has 198 valence electrons. The number of likely N-dealkylation sites (N-methyl/N-ethyl adjacent to an activating group) is 1. The Balaban J connectivity index is 2.42. The van der Waals surface area contributed by atoms with Gasteiger partial charge >= 0.3 is 30.0 Å². The normalized spacial score (nSPS) is 12.0. The lowest BCUT2D eigenvalue weighted by molar-refractivity contribution is -0.384. The van der Waals surface area contributed by atoms with Gasteiger partial charge in [0, 0.05) is 32.1 Å². The zero-order valence-corrected chi connectivity index (χ0v) is 19.4. The van der Waals surface area contributed by atoms with Crippen LogP contribution in [0, 0.1) is 10.1 Å². The van der Waals surface area contributed by atoms with Crippen molar-refractivity contribution in [2.75, 3.05) is 13.6 Å². The number of nitrogens with one attached hydrogen (secondary N) is 2. The van der Waals surface area contributed by atoms with E-state index in [1.165, 1.54) is 31.3 Å². The van der Waals surface area contributed by atoms with Gasteiger partial charge in [0.05, 0.1) is 4.92 Å². The fourth-order valence-electron chi connectivity index (χ4n) is 2.97. The van der Waals surface area contributed by atoms with Gasteiger partial charge in [0.1, 0.15) is 18.7 Å². The summed E-state index contributed by atoms with van der Waals surface area (Å²) in [5, 5.41) is 42.5. The second-order valence-corrected chi connectivity index (χ2v) is 7.66. The summed E-state index contributed by atoms with van der Waals surface area (Å²) in [6.07, 6.45) is -0.951. The molecule has 5 N–H and O–H groups in total. The van der Waals surface area contributed by atoms with E-state index in [1.54, 1.807) is 0 Å². The minimum Gasteiger partial charge on any atom is -0.481 e. The van der Waals surface area contributed by atoms with E-state index in [2.05, 4.69) is 10.6 Å². The molecule has 0 aliphatic rings. The van der Waals surface area contributed by atoms with Gasteiger partial charge in [-0.2, -0.15) is 0 Å². The fraction of sp³-hybridized carbons (Fsp3) is 0.476. The molecule has 0 saturated heterocycles.